The number of hydrogen-bond acceptors (Lipinski definition) is 6. The molecule has 0 bridgehead atoms. The van der Waals surface area contributed by atoms with E-state index in [9.17, 15) is 14.4 Å². The molecule has 0 aliphatic heterocycles. The summed E-state index contributed by atoms with van der Waals surface area (Å²) >= 11 is 0. The third-order valence-corrected chi connectivity index (χ3v) is 10.4. The predicted molar refractivity (Wildman–Crippen MR) is 270 cm³/mol. The summed E-state index contributed by atoms with van der Waals surface area (Å²) in [4.78, 5) is 37.9. The van der Waals surface area contributed by atoms with Crippen molar-refractivity contribution < 1.29 is 28.6 Å². The minimum atomic E-state index is -0.822. The number of rotatable bonds is 44. The molecule has 0 aromatic heterocycles. The van der Waals surface area contributed by atoms with Crippen LogP contribution in [0.4, 0.5) is 0 Å². The smallest absolute Gasteiger partial charge is 0.306 e. The zero-order chi connectivity index (χ0) is 45.8. The monoisotopic (exact) mass is 873 g/mol. The minimum Gasteiger partial charge on any atom is -0.462 e. The van der Waals surface area contributed by atoms with E-state index in [0.717, 1.165) is 70.6 Å². The molecule has 0 radical (unpaired) electrons. The van der Waals surface area contributed by atoms with Gasteiger partial charge in [-0.25, -0.2) is 0 Å². The number of carbonyl (C=O) groups is 3. The van der Waals surface area contributed by atoms with E-state index < -0.39 is 6.10 Å². The van der Waals surface area contributed by atoms with E-state index in [-0.39, 0.29) is 37.5 Å². The highest BCUT2D eigenvalue weighted by molar-refractivity contribution is 5.71. The van der Waals surface area contributed by atoms with E-state index in [2.05, 4.69) is 69.4 Å². The van der Waals surface area contributed by atoms with E-state index in [4.69, 9.17) is 14.2 Å². The zero-order valence-electron chi connectivity index (χ0n) is 40.5. The molecule has 0 rings (SSSR count). The Balaban J connectivity index is 4.56. The molecule has 6 nitrogen and oxygen atoms in total. The number of ether oxygens (including phenoxy) is 3. The van der Waals surface area contributed by atoms with Crippen molar-refractivity contribution in [2.45, 2.75) is 219 Å². The van der Waals surface area contributed by atoms with Crippen molar-refractivity contribution in [3.63, 3.8) is 0 Å². The molecule has 0 saturated heterocycles. The second-order valence-electron chi connectivity index (χ2n) is 16.5. The molecule has 1 unspecified atom stereocenters. The number of carbonyl (C=O) groups excluding carboxylic acids is 3. The van der Waals surface area contributed by atoms with Gasteiger partial charge in [0.2, 0.25) is 0 Å². The van der Waals surface area contributed by atoms with E-state index in [0.29, 0.717) is 19.3 Å². The van der Waals surface area contributed by atoms with Gasteiger partial charge in [0.1, 0.15) is 13.2 Å². The van der Waals surface area contributed by atoms with Crippen LogP contribution in [0.15, 0.2) is 109 Å². The Bertz CT molecular complexity index is 1330. The SMILES string of the molecule is CC\C=C/C=C\C=C/C=C\C=C\C=C/CCCCCC(=O)OCC(COC(=O)CCCCCCCCCCCCC)OC(=O)CCC/C=C\C/C=C\C/C=C\CCCCCCCC. The van der Waals surface area contributed by atoms with E-state index in [1.54, 1.807) is 0 Å². The molecule has 0 N–H and O–H groups in total. The maximum absolute atomic E-state index is 12.8. The van der Waals surface area contributed by atoms with Gasteiger partial charge in [0.15, 0.2) is 6.10 Å². The van der Waals surface area contributed by atoms with Crippen molar-refractivity contribution in [2.75, 3.05) is 13.2 Å². The zero-order valence-corrected chi connectivity index (χ0v) is 40.5. The molecule has 6 heteroatoms. The van der Waals surface area contributed by atoms with Gasteiger partial charge in [-0.2, -0.15) is 0 Å². The average molecular weight is 873 g/mol. The highest BCUT2D eigenvalue weighted by atomic mass is 16.6. The first-order chi connectivity index (χ1) is 31.0. The Morgan fingerprint density at radius 1 is 0.349 bits per heavy atom. The summed E-state index contributed by atoms with van der Waals surface area (Å²) in [7, 11) is 0. The Morgan fingerprint density at radius 2 is 0.698 bits per heavy atom. The highest BCUT2D eigenvalue weighted by Gasteiger charge is 2.19. The molecule has 0 aromatic rings. The first-order valence-electron chi connectivity index (χ1n) is 25.5. The molecule has 0 heterocycles. The second kappa shape index (κ2) is 50.7. The molecular weight excluding hydrogens is 781 g/mol. The topological polar surface area (TPSA) is 78.9 Å². The highest BCUT2D eigenvalue weighted by Crippen LogP contribution is 2.13. The molecular formula is C57H92O6. The van der Waals surface area contributed by atoms with Gasteiger partial charge < -0.3 is 14.2 Å². The first kappa shape index (κ1) is 59.1. The molecule has 0 fully saturated rings. The summed E-state index contributed by atoms with van der Waals surface area (Å²) in [6.07, 6.45) is 67.9. The van der Waals surface area contributed by atoms with Gasteiger partial charge in [-0.3, -0.25) is 14.4 Å². The van der Waals surface area contributed by atoms with Crippen LogP contribution in [0.2, 0.25) is 0 Å². The van der Waals surface area contributed by atoms with Crippen LogP contribution in [-0.2, 0) is 28.6 Å². The summed E-state index contributed by atoms with van der Waals surface area (Å²) in [5, 5.41) is 0. The molecule has 1 atom stereocenters. The lowest BCUT2D eigenvalue weighted by molar-refractivity contribution is -0.167. The normalized spacial score (nSPS) is 13.0. The van der Waals surface area contributed by atoms with Gasteiger partial charge in [-0.15, -0.1) is 0 Å². The van der Waals surface area contributed by atoms with Crippen molar-refractivity contribution in [3.05, 3.63) is 109 Å². The van der Waals surface area contributed by atoms with Gasteiger partial charge in [0.05, 0.1) is 0 Å². The van der Waals surface area contributed by atoms with Crippen LogP contribution in [0.1, 0.15) is 213 Å². The fourth-order valence-corrected chi connectivity index (χ4v) is 6.61. The lowest BCUT2D eigenvalue weighted by Gasteiger charge is -2.18. The Labute approximate surface area is 387 Å². The molecule has 0 aliphatic rings. The van der Waals surface area contributed by atoms with Crippen molar-refractivity contribution in [3.8, 4) is 0 Å². The number of esters is 3. The van der Waals surface area contributed by atoms with Crippen LogP contribution in [-0.4, -0.2) is 37.2 Å². The van der Waals surface area contributed by atoms with E-state index in [1.165, 1.54) is 96.3 Å². The van der Waals surface area contributed by atoms with Crippen LogP contribution < -0.4 is 0 Å². The van der Waals surface area contributed by atoms with Crippen LogP contribution >= 0.6 is 0 Å². The van der Waals surface area contributed by atoms with Gasteiger partial charge >= 0.3 is 17.9 Å². The van der Waals surface area contributed by atoms with Gasteiger partial charge in [0.25, 0.3) is 0 Å². The molecule has 63 heavy (non-hydrogen) atoms. The quantitative estimate of drug-likeness (QED) is 0.0199. The lowest BCUT2D eigenvalue weighted by Crippen LogP contribution is -2.30. The number of hydrogen-bond donors (Lipinski definition) is 0. The second-order valence-corrected chi connectivity index (χ2v) is 16.5. The van der Waals surface area contributed by atoms with Crippen molar-refractivity contribution >= 4 is 17.9 Å². The standard InChI is InChI=1S/C57H92O6/c1-4-7-10-13-16-19-22-24-26-28-30-32-35-38-41-44-47-50-56(59)62-53-54(52-61-55(58)49-46-43-40-37-34-21-18-15-12-9-6-3)63-57(60)51-48-45-42-39-36-33-31-29-27-25-23-20-17-14-11-8-5-2/h7,10,13,16,19,22,24-28,30-33,35,39,42,54H,4-6,8-9,11-12,14-15,17-18,20-21,23,29,34,36-38,40-41,43-53H2,1-3H3/b10-7-,16-13-,22-19-,26-24-,27-25-,30-28+,33-31-,35-32-,42-39-. The third-order valence-electron chi connectivity index (χ3n) is 10.4. The fourth-order valence-electron chi connectivity index (χ4n) is 6.61. The Morgan fingerprint density at radius 3 is 1.17 bits per heavy atom. The van der Waals surface area contributed by atoms with Gasteiger partial charge in [0, 0.05) is 19.3 Å². The van der Waals surface area contributed by atoms with Crippen LogP contribution in [0.3, 0.4) is 0 Å². The largest absolute Gasteiger partial charge is 0.462 e. The summed E-state index contributed by atoms with van der Waals surface area (Å²) < 4.78 is 16.7. The van der Waals surface area contributed by atoms with Gasteiger partial charge in [-0.1, -0.05) is 233 Å². The summed E-state index contributed by atoms with van der Waals surface area (Å²) in [5.41, 5.74) is 0. The molecule has 0 amide bonds. The first-order valence-corrected chi connectivity index (χ1v) is 25.5. The molecule has 0 aromatic carbocycles. The summed E-state index contributed by atoms with van der Waals surface area (Å²) in [6, 6.07) is 0. The predicted octanol–water partition coefficient (Wildman–Crippen LogP) is 16.8. The van der Waals surface area contributed by atoms with Crippen LogP contribution in [0, 0.1) is 0 Å². The van der Waals surface area contributed by atoms with Crippen molar-refractivity contribution in [1.82, 2.24) is 0 Å². The van der Waals surface area contributed by atoms with Crippen LogP contribution in [0.25, 0.3) is 0 Å². The Hall–Kier alpha value is -3.93. The minimum absolute atomic E-state index is 0.113. The number of allylic oxidation sites excluding steroid dienone is 18. The maximum Gasteiger partial charge on any atom is 0.306 e. The Kier molecular flexibility index (Phi) is 47.5. The summed E-state index contributed by atoms with van der Waals surface area (Å²) in [5.74, 6) is -1.02. The number of unbranched alkanes of at least 4 members (excludes halogenated alkanes) is 20. The molecule has 0 aliphatic carbocycles. The van der Waals surface area contributed by atoms with Gasteiger partial charge in [-0.05, 0) is 70.6 Å². The molecule has 356 valence electrons. The van der Waals surface area contributed by atoms with E-state index in [1.807, 2.05) is 60.8 Å². The maximum atomic E-state index is 12.8. The lowest BCUT2D eigenvalue weighted by atomic mass is 10.1. The third kappa shape index (κ3) is 49.0. The average Bonchev–Trinajstić information content (AvgIpc) is 3.28. The van der Waals surface area contributed by atoms with Crippen LogP contribution in [0.5, 0.6) is 0 Å². The molecule has 0 saturated carbocycles. The van der Waals surface area contributed by atoms with Crippen molar-refractivity contribution in [2.24, 2.45) is 0 Å². The molecule has 0 spiro atoms. The fraction of sp³-hybridized carbons (Fsp3) is 0.632. The summed E-state index contributed by atoms with van der Waals surface area (Å²) in [6.45, 7) is 6.38. The van der Waals surface area contributed by atoms with E-state index >= 15 is 0 Å². The van der Waals surface area contributed by atoms with Crippen molar-refractivity contribution in [1.29, 1.82) is 0 Å².